The fraction of sp³-hybridized carbons (Fsp3) is 0.263. The van der Waals surface area contributed by atoms with E-state index in [4.69, 9.17) is 4.74 Å². The highest BCUT2D eigenvalue weighted by molar-refractivity contribution is 7.89. The van der Waals surface area contributed by atoms with Gasteiger partial charge in [0.1, 0.15) is 12.4 Å². The maximum atomic E-state index is 12.9. The molecular weight excluding hydrogens is 387 g/mol. The minimum atomic E-state index is -3.98. The first-order chi connectivity index (χ1) is 13.1. The smallest absolute Gasteiger partial charge is 0.321 e. The number of para-hydroxylation sites is 1. The van der Waals surface area contributed by atoms with Crippen LogP contribution in [0.5, 0.6) is 0 Å². The van der Waals surface area contributed by atoms with Crippen LogP contribution in [0.4, 0.5) is 10.1 Å². The maximum Gasteiger partial charge on any atom is 0.321 e. The van der Waals surface area contributed by atoms with E-state index in [2.05, 4.69) is 5.32 Å². The Bertz CT molecular complexity index is 954. The van der Waals surface area contributed by atoms with Gasteiger partial charge in [0.2, 0.25) is 10.0 Å². The third kappa shape index (κ3) is 5.37. The number of nitrogens with zero attached hydrogens (tertiary/aromatic N) is 1. The zero-order chi connectivity index (χ0) is 20.9. The van der Waals surface area contributed by atoms with Crippen LogP contribution >= 0.6 is 0 Å². The predicted octanol–water partition coefficient (Wildman–Crippen LogP) is 2.24. The van der Waals surface area contributed by atoms with Gasteiger partial charge in [0.15, 0.2) is 6.61 Å². The second-order valence-corrected chi connectivity index (χ2v) is 8.24. The Morgan fingerprint density at radius 2 is 1.64 bits per heavy atom. The van der Waals surface area contributed by atoms with E-state index in [1.807, 2.05) is 32.0 Å². The normalized spacial score (nSPS) is 11.3. The largest absolute Gasteiger partial charge is 0.455 e. The quantitative estimate of drug-likeness (QED) is 0.710. The van der Waals surface area contributed by atoms with Crippen LogP contribution in [0.3, 0.4) is 0 Å². The van der Waals surface area contributed by atoms with E-state index in [0.717, 1.165) is 39.7 Å². The molecule has 2 aromatic rings. The van der Waals surface area contributed by atoms with Gasteiger partial charge in [-0.2, -0.15) is 4.31 Å². The fourth-order valence-corrected chi connectivity index (χ4v) is 3.55. The van der Waals surface area contributed by atoms with E-state index in [-0.39, 0.29) is 4.90 Å². The molecule has 0 aliphatic rings. The molecule has 7 nitrogen and oxygen atoms in total. The Balaban J connectivity index is 1.91. The Hall–Kier alpha value is -2.78. The summed E-state index contributed by atoms with van der Waals surface area (Å²) < 4.78 is 43.3. The lowest BCUT2D eigenvalue weighted by molar-refractivity contribution is -0.147. The number of carbonyl (C=O) groups is 2. The molecule has 0 heterocycles. The van der Waals surface area contributed by atoms with E-state index in [1.54, 1.807) is 0 Å². The summed E-state index contributed by atoms with van der Waals surface area (Å²) in [6, 6.07) is 9.76. The second kappa shape index (κ2) is 8.94. The Kier molecular flexibility index (Phi) is 6.87. The molecule has 0 fully saturated rings. The molecule has 0 aliphatic carbocycles. The maximum absolute atomic E-state index is 12.9. The summed E-state index contributed by atoms with van der Waals surface area (Å²) in [4.78, 5) is 23.8. The Morgan fingerprint density at radius 3 is 2.21 bits per heavy atom. The Labute approximate surface area is 163 Å². The monoisotopic (exact) mass is 408 g/mol. The number of rotatable bonds is 7. The van der Waals surface area contributed by atoms with Crippen LogP contribution in [0.25, 0.3) is 0 Å². The molecule has 0 radical (unpaired) electrons. The number of benzene rings is 2. The molecule has 0 saturated heterocycles. The first-order valence-corrected chi connectivity index (χ1v) is 9.79. The number of amides is 1. The summed E-state index contributed by atoms with van der Waals surface area (Å²) in [6.45, 7) is 2.54. The molecule has 0 aromatic heterocycles. The van der Waals surface area contributed by atoms with Crippen molar-refractivity contribution in [3.05, 3.63) is 59.4 Å². The molecule has 0 aliphatic heterocycles. The molecule has 1 N–H and O–H groups in total. The highest BCUT2D eigenvalue weighted by Crippen LogP contribution is 2.19. The van der Waals surface area contributed by atoms with Crippen molar-refractivity contribution in [1.29, 1.82) is 0 Å². The molecular formula is C19H21FN2O5S. The predicted molar refractivity (Wildman–Crippen MR) is 102 cm³/mol. The lowest BCUT2D eigenvalue weighted by Crippen LogP contribution is -2.34. The zero-order valence-electron chi connectivity index (χ0n) is 15.7. The molecule has 2 rings (SSSR count). The number of sulfonamides is 1. The average Bonchev–Trinajstić information content (AvgIpc) is 2.63. The summed E-state index contributed by atoms with van der Waals surface area (Å²) in [7, 11) is -2.79. The van der Waals surface area contributed by atoms with Crippen molar-refractivity contribution in [2.75, 3.05) is 25.5 Å². The molecule has 150 valence electrons. The molecule has 0 atom stereocenters. The van der Waals surface area contributed by atoms with Crippen molar-refractivity contribution in [2.24, 2.45) is 0 Å². The number of halogens is 1. The number of anilines is 1. The first-order valence-electron chi connectivity index (χ1n) is 8.35. The Morgan fingerprint density at radius 1 is 1.07 bits per heavy atom. The van der Waals surface area contributed by atoms with E-state index >= 15 is 0 Å². The van der Waals surface area contributed by atoms with Gasteiger partial charge in [0.05, 0.1) is 4.90 Å². The van der Waals surface area contributed by atoms with Crippen LogP contribution in [0.1, 0.15) is 11.1 Å². The fourth-order valence-electron chi connectivity index (χ4n) is 2.43. The van der Waals surface area contributed by atoms with E-state index in [9.17, 15) is 22.4 Å². The van der Waals surface area contributed by atoms with Crippen molar-refractivity contribution in [3.8, 4) is 0 Å². The number of esters is 1. The van der Waals surface area contributed by atoms with Gasteiger partial charge in [-0.1, -0.05) is 18.2 Å². The van der Waals surface area contributed by atoms with Gasteiger partial charge < -0.3 is 10.1 Å². The van der Waals surface area contributed by atoms with Crippen LogP contribution in [0, 0.1) is 19.7 Å². The minimum Gasteiger partial charge on any atom is -0.455 e. The topological polar surface area (TPSA) is 92.8 Å². The number of ether oxygens (including phenoxy) is 1. The van der Waals surface area contributed by atoms with Crippen molar-refractivity contribution < 1.29 is 27.1 Å². The SMILES string of the molecule is Cc1cccc(C)c1NC(=O)COC(=O)CN(C)S(=O)(=O)c1ccc(F)cc1. The van der Waals surface area contributed by atoms with Crippen molar-refractivity contribution in [3.63, 3.8) is 0 Å². The van der Waals surface area contributed by atoms with E-state index in [0.29, 0.717) is 5.69 Å². The van der Waals surface area contributed by atoms with Gasteiger partial charge in [-0.3, -0.25) is 9.59 Å². The zero-order valence-corrected chi connectivity index (χ0v) is 16.5. The third-order valence-corrected chi connectivity index (χ3v) is 5.80. The first kappa shape index (κ1) is 21.5. The third-order valence-electron chi connectivity index (χ3n) is 3.98. The number of hydrogen-bond acceptors (Lipinski definition) is 5. The summed E-state index contributed by atoms with van der Waals surface area (Å²) >= 11 is 0. The van der Waals surface area contributed by atoms with Gasteiger partial charge in [-0.15, -0.1) is 0 Å². The molecule has 0 bridgehead atoms. The van der Waals surface area contributed by atoms with Crippen molar-refractivity contribution in [2.45, 2.75) is 18.7 Å². The second-order valence-electron chi connectivity index (χ2n) is 6.19. The van der Waals surface area contributed by atoms with Crippen LogP contribution < -0.4 is 5.32 Å². The molecule has 0 spiro atoms. The standard InChI is InChI=1S/C19H21FN2O5S/c1-13-5-4-6-14(2)19(13)21-17(23)12-27-18(24)11-22(3)28(25,26)16-9-7-15(20)8-10-16/h4-10H,11-12H2,1-3H3,(H,21,23). The molecule has 0 saturated carbocycles. The number of hydrogen-bond donors (Lipinski definition) is 1. The van der Waals surface area contributed by atoms with Gasteiger partial charge >= 0.3 is 5.97 Å². The van der Waals surface area contributed by atoms with Crippen molar-refractivity contribution >= 4 is 27.6 Å². The highest BCUT2D eigenvalue weighted by Gasteiger charge is 2.24. The van der Waals surface area contributed by atoms with Crippen LogP contribution in [-0.4, -0.2) is 44.8 Å². The average molecular weight is 408 g/mol. The summed E-state index contributed by atoms with van der Waals surface area (Å²) in [5.41, 5.74) is 2.37. The summed E-state index contributed by atoms with van der Waals surface area (Å²) in [5, 5.41) is 2.67. The number of likely N-dealkylation sites (N-methyl/N-ethyl adjacent to an activating group) is 1. The summed E-state index contributed by atoms with van der Waals surface area (Å²) in [6.07, 6.45) is 0. The van der Waals surface area contributed by atoms with Gasteiger partial charge in [0.25, 0.3) is 5.91 Å². The lowest BCUT2D eigenvalue weighted by atomic mass is 10.1. The molecule has 2 aromatic carbocycles. The number of aryl methyl sites for hydroxylation is 2. The number of nitrogens with one attached hydrogen (secondary N) is 1. The van der Waals surface area contributed by atoms with Gasteiger partial charge in [0, 0.05) is 12.7 Å². The van der Waals surface area contributed by atoms with Gasteiger partial charge in [-0.25, -0.2) is 12.8 Å². The van der Waals surface area contributed by atoms with Crippen LogP contribution in [-0.2, 0) is 24.3 Å². The van der Waals surface area contributed by atoms with Crippen LogP contribution in [0.15, 0.2) is 47.4 Å². The van der Waals surface area contributed by atoms with Gasteiger partial charge in [-0.05, 0) is 49.2 Å². The van der Waals surface area contributed by atoms with Crippen molar-refractivity contribution in [1.82, 2.24) is 4.31 Å². The van der Waals surface area contributed by atoms with Crippen LogP contribution in [0.2, 0.25) is 0 Å². The van der Waals surface area contributed by atoms with E-state index < -0.39 is 40.9 Å². The molecule has 0 unspecified atom stereocenters. The van der Waals surface area contributed by atoms with E-state index in [1.165, 1.54) is 7.05 Å². The lowest BCUT2D eigenvalue weighted by Gasteiger charge is -2.16. The summed E-state index contributed by atoms with van der Waals surface area (Å²) in [5.74, 6) is -1.99. The molecule has 28 heavy (non-hydrogen) atoms. The number of carbonyl (C=O) groups excluding carboxylic acids is 2. The highest BCUT2D eigenvalue weighted by atomic mass is 32.2. The molecule has 9 heteroatoms. The molecule has 1 amide bonds. The minimum absolute atomic E-state index is 0.156.